The lowest BCUT2D eigenvalue weighted by molar-refractivity contribution is -0.117. The third-order valence-electron chi connectivity index (χ3n) is 3.79. The van der Waals surface area contributed by atoms with Crippen molar-refractivity contribution in [2.24, 2.45) is 0 Å². The lowest BCUT2D eigenvalue weighted by Crippen LogP contribution is -2.41. The second-order valence-electron chi connectivity index (χ2n) is 5.99. The van der Waals surface area contributed by atoms with E-state index in [1.807, 2.05) is 0 Å². The lowest BCUT2D eigenvalue weighted by Gasteiger charge is -2.14. The molecule has 1 aliphatic carbocycles. The minimum atomic E-state index is -0.762. The lowest BCUT2D eigenvalue weighted by atomic mass is 10.1. The van der Waals surface area contributed by atoms with E-state index in [1.165, 1.54) is 12.3 Å². The molecule has 1 fully saturated rings. The van der Waals surface area contributed by atoms with Crippen molar-refractivity contribution in [2.75, 3.05) is 5.32 Å². The van der Waals surface area contributed by atoms with Crippen LogP contribution in [0.5, 0.6) is 0 Å². The zero-order chi connectivity index (χ0) is 17.8. The van der Waals surface area contributed by atoms with Crippen molar-refractivity contribution in [1.29, 1.82) is 0 Å². The molecule has 0 unspecified atom stereocenters. The summed E-state index contributed by atoms with van der Waals surface area (Å²) in [5, 5.41) is 8.14. The van der Waals surface area contributed by atoms with Gasteiger partial charge >= 0.3 is 0 Å². The first-order chi connectivity index (χ1) is 12.0. The number of rotatable bonds is 6. The van der Waals surface area contributed by atoms with E-state index >= 15 is 0 Å². The van der Waals surface area contributed by atoms with Crippen LogP contribution in [0.3, 0.4) is 0 Å². The molecule has 0 bridgehead atoms. The zero-order valence-corrected chi connectivity index (χ0v) is 13.7. The van der Waals surface area contributed by atoms with E-state index < -0.39 is 11.9 Å². The third-order valence-corrected chi connectivity index (χ3v) is 3.79. The van der Waals surface area contributed by atoms with Gasteiger partial charge in [-0.1, -0.05) is 6.07 Å². The molecule has 7 heteroatoms. The molecule has 0 radical (unpaired) electrons. The third kappa shape index (κ3) is 4.47. The fourth-order valence-electron chi connectivity index (χ4n) is 2.23. The van der Waals surface area contributed by atoms with Crippen molar-refractivity contribution in [1.82, 2.24) is 10.6 Å². The first kappa shape index (κ1) is 16.8. The molecule has 0 aliphatic heterocycles. The molecule has 1 aliphatic rings. The van der Waals surface area contributed by atoms with Gasteiger partial charge in [-0.15, -0.1) is 0 Å². The smallest absolute Gasteiger partial charge is 0.287 e. The number of furan rings is 1. The summed E-state index contributed by atoms with van der Waals surface area (Å²) in [5.74, 6) is -0.874. The van der Waals surface area contributed by atoms with Gasteiger partial charge in [-0.2, -0.15) is 0 Å². The SMILES string of the molecule is C[C@@H](NC(=O)c1ccco1)C(=O)Nc1cccc(C(=O)NC2CC2)c1. The van der Waals surface area contributed by atoms with Gasteiger partial charge in [0.15, 0.2) is 5.76 Å². The summed E-state index contributed by atoms with van der Waals surface area (Å²) in [6.45, 7) is 1.57. The maximum Gasteiger partial charge on any atom is 0.287 e. The molecule has 1 saturated carbocycles. The Balaban J connectivity index is 1.58. The summed E-state index contributed by atoms with van der Waals surface area (Å²) in [6.07, 6.45) is 3.40. The zero-order valence-electron chi connectivity index (χ0n) is 13.7. The van der Waals surface area contributed by atoms with E-state index in [-0.39, 0.29) is 23.6 Å². The minimum absolute atomic E-state index is 0.137. The van der Waals surface area contributed by atoms with Crippen LogP contribution in [0.2, 0.25) is 0 Å². The number of amides is 3. The molecule has 2 aromatic rings. The van der Waals surface area contributed by atoms with Gasteiger partial charge in [-0.25, -0.2) is 0 Å². The Labute approximate surface area is 144 Å². The Bertz CT molecular complexity index is 781. The molecule has 1 aromatic carbocycles. The van der Waals surface area contributed by atoms with E-state index in [0.717, 1.165) is 12.8 Å². The Hall–Kier alpha value is -3.09. The Morgan fingerprint density at radius 1 is 1.12 bits per heavy atom. The molecule has 1 aromatic heterocycles. The predicted molar refractivity (Wildman–Crippen MR) is 91.2 cm³/mol. The fourth-order valence-corrected chi connectivity index (χ4v) is 2.23. The maximum absolute atomic E-state index is 12.2. The molecule has 3 amide bonds. The van der Waals surface area contributed by atoms with E-state index in [9.17, 15) is 14.4 Å². The number of benzene rings is 1. The summed E-state index contributed by atoms with van der Waals surface area (Å²) in [5.41, 5.74) is 0.976. The highest BCUT2D eigenvalue weighted by Gasteiger charge is 2.24. The second kappa shape index (κ2) is 7.21. The molecular weight excluding hydrogens is 322 g/mol. The van der Waals surface area contributed by atoms with Crippen molar-refractivity contribution < 1.29 is 18.8 Å². The van der Waals surface area contributed by atoms with Crippen molar-refractivity contribution in [2.45, 2.75) is 31.8 Å². The first-order valence-electron chi connectivity index (χ1n) is 8.09. The molecule has 1 atom stereocenters. The van der Waals surface area contributed by atoms with Gasteiger partial charge in [0.1, 0.15) is 6.04 Å². The van der Waals surface area contributed by atoms with Crippen LogP contribution in [0.1, 0.15) is 40.7 Å². The van der Waals surface area contributed by atoms with Crippen LogP contribution in [0.15, 0.2) is 47.1 Å². The van der Waals surface area contributed by atoms with Crippen molar-refractivity contribution >= 4 is 23.4 Å². The standard InChI is InChI=1S/C18H19N3O4/c1-11(19-18(24)15-6-3-9-25-15)16(22)21-14-5-2-4-12(10-14)17(23)20-13-7-8-13/h2-6,9-11,13H,7-8H2,1H3,(H,19,24)(H,20,23)(H,21,22)/t11-/m1/s1. The largest absolute Gasteiger partial charge is 0.459 e. The highest BCUT2D eigenvalue weighted by atomic mass is 16.3. The fraction of sp³-hybridized carbons (Fsp3) is 0.278. The van der Waals surface area contributed by atoms with E-state index in [0.29, 0.717) is 11.3 Å². The summed E-state index contributed by atoms with van der Waals surface area (Å²) < 4.78 is 4.98. The quantitative estimate of drug-likeness (QED) is 0.747. The van der Waals surface area contributed by atoms with Gasteiger partial charge in [0, 0.05) is 17.3 Å². The molecule has 3 rings (SSSR count). The first-order valence-corrected chi connectivity index (χ1v) is 8.09. The van der Waals surface area contributed by atoms with Gasteiger partial charge in [-0.05, 0) is 50.1 Å². The molecular formula is C18H19N3O4. The average Bonchev–Trinajstić information content (AvgIpc) is 3.23. The van der Waals surface area contributed by atoms with Crippen molar-refractivity contribution in [3.8, 4) is 0 Å². The minimum Gasteiger partial charge on any atom is -0.459 e. The Kier molecular flexibility index (Phi) is 4.83. The Morgan fingerprint density at radius 2 is 1.92 bits per heavy atom. The second-order valence-corrected chi connectivity index (χ2v) is 5.99. The van der Waals surface area contributed by atoms with Crippen LogP contribution in [-0.4, -0.2) is 29.8 Å². The topological polar surface area (TPSA) is 100 Å². The van der Waals surface area contributed by atoms with Crippen LogP contribution in [-0.2, 0) is 4.79 Å². The molecule has 0 saturated heterocycles. The van der Waals surface area contributed by atoms with Gasteiger partial charge in [-0.3, -0.25) is 14.4 Å². The number of carbonyl (C=O) groups is 3. The van der Waals surface area contributed by atoms with Crippen LogP contribution >= 0.6 is 0 Å². The molecule has 0 spiro atoms. The monoisotopic (exact) mass is 341 g/mol. The van der Waals surface area contributed by atoms with Gasteiger partial charge in [0.2, 0.25) is 5.91 Å². The van der Waals surface area contributed by atoms with Crippen LogP contribution in [0.4, 0.5) is 5.69 Å². The van der Waals surface area contributed by atoms with E-state index in [1.54, 1.807) is 37.3 Å². The van der Waals surface area contributed by atoms with Gasteiger partial charge in [0.25, 0.3) is 11.8 Å². The van der Waals surface area contributed by atoms with Crippen LogP contribution in [0.25, 0.3) is 0 Å². The highest BCUT2D eigenvalue weighted by molar-refractivity contribution is 6.01. The molecule has 130 valence electrons. The van der Waals surface area contributed by atoms with Gasteiger partial charge in [0.05, 0.1) is 6.26 Å². The molecule has 1 heterocycles. The molecule has 7 nitrogen and oxygen atoms in total. The van der Waals surface area contributed by atoms with Crippen molar-refractivity contribution in [3.63, 3.8) is 0 Å². The Morgan fingerprint density at radius 3 is 2.60 bits per heavy atom. The number of nitrogens with one attached hydrogen (secondary N) is 3. The van der Waals surface area contributed by atoms with E-state index in [4.69, 9.17) is 4.42 Å². The van der Waals surface area contributed by atoms with Gasteiger partial charge < -0.3 is 20.4 Å². The number of hydrogen-bond donors (Lipinski definition) is 3. The van der Waals surface area contributed by atoms with Crippen LogP contribution in [0, 0.1) is 0 Å². The predicted octanol–water partition coefficient (Wildman–Crippen LogP) is 1.93. The normalized spacial score (nSPS) is 14.4. The summed E-state index contributed by atoms with van der Waals surface area (Å²) in [4.78, 5) is 36.2. The number of anilines is 1. The summed E-state index contributed by atoms with van der Waals surface area (Å²) in [6, 6.07) is 9.30. The average molecular weight is 341 g/mol. The summed E-state index contributed by atoms with van der Waals surface area (Å²) in [7, 11) is 0. The number of carbonyl (C=O) groups excluding carboxylic acids is 3. The molecule has 3 N–H and O–H groups in total. The van der Waals surface area contributed by atoms with Crippen molar-refractivity contribution in [3.05, 3.63) is 54.0 Å². The summed E-state index contributed by atoms with van der Waals surface area (Å²) >= 11 is 0. The molecule has 25 heavy (non-hydrogen) atoms. The number of hydrogen-bond acceptors (Lipinski definition) is 4. The maximum atomic E-state index is 12.2. The van der Waals surface area contributed by atoms with E-state index in [2.05, 4.69) is 16.0 Å². The van der Waals surface area contributed by atoms with Crippen LogP contribution < -0.4 is 16.0 Å². The highest BCUT2D eigenvalue weighted by Crippen LogP contribution is 2.20.